The minimum atomic E-state index is -0.222. The van der Waals surface area contributed by atoms with Crippen molar-refractivity contribution in [1.29, 1.82) is 0 Å². The van der Waals surface area contributed by atoms with E-state index in [1.165, 1.54) is 6.07 Å². The van der Waals surface area contributed by atoms with Gasteiger partial charge in [0.15, 0.2) is 0 Å². The quantitative estimate of drug-likeness (QED) is 0.699. The van der Waals surface area contributed by atoms with Crippen molar-refractivity contribution in [3.63, 3.8) is 0 Å². The van der Waals surface area contributed by atoms with Gasteiger partial charge in [-0.3, -0.25) is 4.79 Å². The molecule has 1 aromatic carbocycles. The molecule has 0 N–H and O–H groups in total. The van der Waals surface area contributed by atoms with E-state index in [2.05, 4.69) is 13.8 Å². The number of nitrogens with zero attached hydrogens (tertiary/aromatic N) is 1. The molecule has 0 aliphatic rings. The van der Waals surface area contributed by atoms with E-state index < -0.39 is 0 Å². The molecule has 20 heavy (non-hydrogen) atoms. The number of amides is 1. The highest BCUT2D eigenvalue weighted by Crippen LogP contribution is 2.25. The monoisotopic (exact) mass is 279 g/mol. The van der Waals surface area contributed by atoms with E-state index >= 15 is 0 Å². The van der Waals surface area contributed by atoms with Crippen molar-refractivity contribution in [2.45, 2.75) is 65.8 Å². The summed E-state index contributed by atoms with van der Waals surface area (Å²) in [5.41, 5.74) is 1.41. The standard InChI is InChI=1S/C17H26FNO/c1-5-8-14(9-6-2)19(17(20)7-3)15-10-11-16(18)13(4)12-15/h10-12,14H,5-9H2,1-4H3. The van der Waals surface area contributed by atoms with Gasteiger partial charge in [-0.25, -0.2) is 4.39 Å². The van der Waals surface area contributed by atoms with Crippen molar-refractivity contribution < 1.29 is 9.18 Å². The van der Waals surface area contributed by atoms with Crippen molar-refractivity contribution in [1.82, 2.24) is 0 Å². The number of carbonyl (C=O) groups is 1. The summed E-state index contributed by atoms with van der Waals surface area (Å²) < 4.78 is 13.4. The number of carbonyl (C=O) groups excluding carboxylic acids is 1. The van der Waals surface area contributed by atoms with Crippen molar-refractivity contribution in [3.05, 3.63) is 29.6 Å². The molecule has 112 valence electrons. The van der Waals surface area contributed by atoms with Crippen LogP contribution in [0.3, 0.4) is 0 Å². The zero-order valence-corrected chi connectivity index (χ0v) is 13.1. The summed E-state index contributed by atoms with van der Waals surface area (Å²) in [4.78, 5) is 14.2. The maximum Gasteiger partial charge on any atom is 0.226 e. The van der Waals surface area contributed by atoms with Gasteiger partial charge < -0.3 is 4.90 Å². The number of halogens is 1. The van der Waals surface area contributed by atoms with Gasteiger partial charge in [0.05, 0.1) is 0 Å². The van der Waals surface area contributed by atoms with Crippen LogP contribution >= 0.6 is 0 Å². The molecule has 2 nitrogen and oxygen atoms in total. The Morgan fingerprint density at radius 1 is 1.20 bits per heavy atom. The van der Waals surface area contributed by atoms with E-state index in [1.807, 2.05) is 11.8 Å². The van der Waals surface area contributed by atoms with Crippen LogP contribution in [0.2, 0.25) is 0 Å². The lowest BCUT2D eigenvalue weighted by Gasteiger charge is -2.32. The Bertz CT molecular complexity index is 439. The Labute approximate surface area is 122 Å². The van der Waals surface area contributed by atoms with Gasteiger partial charge in [0, 0.05) is 18.2 Å². The van der Waals surface area contributed by atoms with Crippen LogP contribution in [0.4, 0.5) is 10.1 Å². The Morgan fingerprint density at radius 2 is 1.80 bits per heavy atom. The average Bonchev–Trinajstić information content (AvgIpc) is 2.43. The summed E-state index contributed by atoms with van der Waals surface area (Å²) in [6.45, 7) is 7.88. The third kappa shape index (κ3) is 4.06. The lowest BCUT2D eigenvalue weighted by Crippen LogP contribution is -2.40. The van der Waals surface area contributed by atoms with Crippen LogP contribution in [-0.2, 0) is 4.79 Å². The van der Waals surface area contributed by atoms with E-state index in [9.17, 15) is 9.18 Å². The third-order valence-corrected chi connectivity index (χ3v) is 3.60. The smallest absolute Gasteiger partial charge is 0.226 e. The minimum absolute atomic E-state index is 0.114. The van der Waals surface area contributed by atoms with E-state index in [-0.39, 0.29) is 17.8 Å². The van der Waals surface area contributed by atoms with Crippen molar-refractivity contribution in [2.24, 2.45) is 0 Å². The van der Waals surface area contributed by atoms with Gasteiger partial charge in [-0.1, -0.05) is 33.6 Å². The van der Waals surface area contributed by atoms with Crippen LogP contribution in [-0.4, -0.2) is 11.9 Å². The molecule has 0 saturated heterocycles. The second-order valence-electron chi connectivity index (χ2n) is 5.28. The summed E-state index contributed by atoms with van der Waals surface area (Å²) in [5, 5.41) is 0. The predicted octanol–water partition coefficient (Wildman–Crippen LogP) is 4.85. The predicted molar refractivity (Wildman–Crippen MR) is 82.5 cm³/mol. The number of benzene rings is 1. The second kappa shape index (κ2) is 8.03. The summed E-state index contributed by atoms with van der Waals surface area (Å²) in [7, 11) is 0. The first-order valence-corrected chi connectivity index (χ1v) is 7.63. The van der Waals surface area contributed by atoms with Crippen LogP contribution in [0.5, 0.6) is 0 Å². The van der Waals surface area contributed by atoms with Crippen LogP contribution in [0.15, 0.2) is 18.2 Å². The highest BCUT2D eigenvalue weighted by molar-refractivity contribution is 5.93. The molecular formula is C17H26FNO. The Kier molecular flexibility index (Phi) is 6.69. The summed E-state index contributed by atoms with van der Waals surface area (Å²) >= 11 is 0. The molecule has 0 aromatic heterocycles. The molecule has 0 heterocycles. The van der Waals surface area contributed by atoms with Gasteiger partial charge in [-0.05, 0) is 43.5 Å². The van der Waals surface area contributed by atoms with Crippen molar-refractivity contribution in [2.75, 3.05) is 4.90 Å². The largest absolute Gasteiger partial charge is 0.309 e. The van der Waals surface area contributed by atoms with E-state index in [4.69, 9.17) is 0 Å². The maximum absolute atomic E-state index is 13.4. The van der Waals surface area contributed by atoms with E-state index in [0.29, 0.717) is 12.0 Å². The van der Waals surface area contributed by atoms with Crippen LogP contribution in [0.25, 0.3) is 0 Å². The van der Waals surface area contributed by atoms with Crippen LogP contribution < -0.4 is 4.90 Å². The average molecular weight is 279 g/mol. The summed E-state index contributed by atoms with van der Waals surface area (Å²) in [6.07, 6.45) is 4.52. The summed E-state index contributed by atoms with van der Waals surface area (Å²) in [5.74, 6) is -0.108. The normalized spacial score (nSPS) is 10.9. The zero-order chi connectivity index (χ0) is 15.1. The molecule has 0 atom stereocenters. The Balaban J connectivity index is 3.15. The highest BCUT2D eigenvalue weighted by Gasteiger charge is 2.23. The molecule has 0 spiro atoms. The molecule has 0 radical (unpaired) electrons. The van der Waals surface area contributed by atoms with Crippen molar-refractivity contribution in [3.8, 4) is 0 Å². The number of hydrogen-bond acceptors (Lipinski definition) is 1. The molecule has 1 rings (SSSR count). The van der Waals surface area contributed by atoms with Gasteiger partial charge in [0.1, 0.15) is 5.82 Å². The van der Waals surface area contributed by atoms with Crippen LogP contribution in [0.1, 0.15) is 58.4 Å². The molecule has 1 aromatic rings. The molecule has 0 saturated carbocycles. The molecule has 1 amide bonds. The third-order valence-electron chi connectivity index (χ3n) is 3.60. The lowest BCUT2D eigenvalue weighted by atomic mass is 10.0. The lowest BCUT2D eigenvalue weighted by molar-refractivity contribution is -0.118. The molecule has 0 fully saturated rings. The Morgan fingerprint density at radius 3 is 2.25 bits per heavy atom. The minimum Gasteiger partial charge on any atom is -0.309 e. The first-order valence-electron chi connectivity index (χ1n) is 7.63. The number of anilines is 1. The fourth-order valence-corrected chi connectivity index (χ4v) is 2.58. The summed E-state index contributed by atoms with van der Waals surface area (Å²) in [6, 6.07) is 5.16. The van der Waals surface area contributed by atoms with E-state index in [0.717, 1.165) is 31.4 Å². The molecule has 0 unspecified atom stereocenters. The molecule has 0 bridgehead atoms. The van der Waals surface area contributed by atoms with Crippen molar-refractivity contribution >= 4 is 11.6 Å². The molecule has 0 aliphatic heterocycles. The second-order valence-corrected chi connectivity index (χ2v) is 5.28. The Hall–Kier alpha value is -1.38. The number of aryl methyl sites for hydroxylation is 1. The fourth-order valence-electron chi connectivity index (χ4n) is 2.58. The highest BCUT2D eigenvalue weighted by atomic mass is 19.1. The molecule has 3 heteroatoms. The van der Waals surface area contributed by atoms with Gasteiger partial charge in [0.25, 0.3) is 0 Å². The van der Waals surface area contributed by atoms with E-state index in [1.54, 1.807) is 19.1 Å². The zero-order valence-electron chi connectivity index (χ0n) is 13.1. The van der Waals surface area contributed by atoms with Gasteiger partial charge in [0.2, 0.25) is 5.91 Å². The van der Waals surface area contributed by atoms with Gasteiger partial charge >= 0.3 is 0 Å². The molecular weight excluding hydrogens is 253 g/mol. The van der Waals surface area contributed by atoms with Gasteiger partial charge in [-0.2, -0.15) is 0 Å². The van der Waals surface area contributed by atoms with Gasteiger partial charge in [-0.15, -0.1) is 0 Å². The molecule has 0 aliphatic carbocycles. The first kappa shape index (κ1) is 16.7. The SMILES string of the molecule is CCCC(CCC)N(C(=O)CC)c1ccc(F)c(C)c1. The maximum atomic E-state index is 13.4. The van der Waals surface area contributed by atoms with Crippen LogP contribution in [0, 0.1) is 12.7 Å². The fraction of sp³-hybridized carbons (Fsp3) is 0.588. The number of hydrogen-bond donors (Lipinski definition) is 0. The number of rotatable bonds is 7. The topological polar surface area (TPSA) is 20.3 Å². The first-order chi connectivity index (χ1) is 9.54.